The molecule has 0 saturated carbocycles. The molecule has 7 heteroatoms. The molecule has 0 aliphatic carbocycles. The van der Waals surface area contributed by atoms with Crippen molar-refractivity contribution in [2.24, 2.45) is 0 Å². The van der Waals surface area contributed by atoms with Crippen molar-refractivity contribution in [2.75, 3.05) is 50.6 Å². The van der Waals surface area contributed by atoms with Crippen molar-refractivity contribution in [3.05, 3.63) is 6.33 Å². The van der Waals surface area contributed by atoms with Gasteiger partial charge in [0.15, 0.2) is 11.6 Å². The lowest BCUT2D eigenvalue weighted by Crippen LogP contribution is -2.35. The molecule has 0 unspecified atom stereocenters. The molecule has 0 radical (unpaired) electrons. The van der Waals surface area contributed by atoms with Gasteiger partial charge in [0, 0.05) is 26.7 Å². The number of ether oxygens (including phenoxy) is 1. The minimum absolute atomic E-state index is 0.0937. The van der Waals surface area contributed by atoms with E-state index >= 15 is 0 Å². The summed E-state index contributed by atoms with van der Waals surface area (Å²) in [6.45, 7) is 4.76. The number of methoxy groups -OCH3 is 1. The second-order valence-corrected chi connectivity index (χ2v) is 5.10. The fraction of sp³-hybridized carbons (Fsp3) is 0.643. The maximum Gasteiger partial charge on any atom is 0.241 e. The lowest BCUT2D eigenvalue weighted by atomic mass is 10.3. The van der Waals surface area contributed by atoms with Crippen LogP contribution >= 0.6 is 0 Å². The highest BCUT2D eigenvalue weighted by Crippen LogP contribution is 2.32. The smallest absolute Gasteiger partial charge is 0.241 e. The first kappa shape index (κ1) is 15.3. The topological polar surface area (TPSA) is 70.6 Å². The third kappa shape index (κ3) is 3.53. The Morgan fingerprint density at radius 2 is 2.19 bits per heavy atom. The molecule has 1 aliphatic rings. The highest BCUT2D eigenvalue weighted by molar-refractivity contribution is 5.82. The molecule has 1 fully saturated rings. The number of rotatable bonds is 5. The van der Waals surface area contributed by atoms with Crippen LogP contribution in [0.15, 0.2) is 6.33 Å². The summed E-state index contributed by atoms with van der Waals surface area (Å²) in [6, 6.07) is 0. The van der Waals surface area contributed by atoms with E-state index in [-0.39, 0.29) is 5.91 Å². The third-order valence-electron chi connectivity index (χ3n) is 3.50. The van der Waals surface area contributed by atoms with Crippen LogP contribution in [-0.4, -0.2) is 61.1 Å². The Morgan fingerprint density at radius 1 is 1.38 bits per heavy atom. The number of hydrogen-bond donors (Lipinski definition) is 1. The van der Waals surface area contributed by atoms with Crippen molar-refractivity contribution in [2.45, 2.75) is 19.8 Å². The minimum Gasteiger partial charge on any atom is -0.490 e. The second-order valence-electron chi connectivity index (χ2n) is 5.10. The van der Waals surface area contributed by atoms with E-state index in [4.69, 9.17) is 4.74 Å². The van der Waals surface area contributed by atoms with Gasteiger partial charge in [-0.2, -0.15) is 0 Å². The van der Waals surface area contributed by atoms with Gasteiger partial charge in [-0.05, 0) is 12.8 Å². The van der Waals surface area contributed by atoms with Crippen LogP contribution in [0.3, 0.4) is 0 Å². The van der Waals surface area contributed by atoms with Crippen LogP contribution in [0.1, 0.15) is 19.8 Å². The molecule has 2 heterocycles. The monoisotopic (exact) mass is 293 g/mol. The molecule has 1 aromatic heterocycles. The van der Waals surface area contributed by atoms with Crippen molar-refractivity contribution in [3.63, 3.8) is 0 Å². The number of nitrogens with zero attached hydrogens (tertiary/aromatic N) is 4. The van der Waals surface area contributed by atoms with Gasteiger partial charge < -0.3 is 19.9 Å². The molecule has 0 atom stereocenters. The first-order valence-corrected chi connectivity index (χ1v) is 7.29. The lowest BCUT2D eigenvalue weighted by Gasteiger charge is -2.23. The molecule has 1 aliphatic heterocycles. The summed E-state index contributed by atoms with van der Waals surface area (Å²) in [7, 11) is 3.43. The van der Waals surface area contributed by atoms with Crippen LogP contribution in [0.2, 0.25) is 0 Å². The number of likely N-dealkylation sites (N-methyl/N-ethyl adjacent to an activating group) is 1. The summed E-state index contributed by atoms with van der Waals surface area (Å²) < 4.78 is 5.48. The molecule has 116 valence electrons. The predicted molar refractivity (Wildman–Crippen MR) is 81.8 cm³/mol. The Balaban J connectivity index is 2.27. The number of hydrogen-bond acceptors (Lipinski definition) is 6. The van der Waals surface area contributed by atoms with Crippen LogP contribution in [0.25, 0.3) is 0 Å². The zero-order valence-electron chi connectivity index (χ0n) is 12.9. The fourth-order valence-corrected chi connectivity index (χ4v) is 2.31. The summed E-state index contributed by atoms with van der Waals surface area (Å²) in [5, 5.41) is 3.23. The molecule has 2 rings (SSSR count). The third-order valence-corrected chi connectivity index (χ3v) is 3.50. The van der Waals surface area contributed by atoms with Gasteiger partial charge >= 0.3 is 0 Å². The van der Waals surface area contributed by atoms with E-state index in [2.05, 4.69) is 22.2 Å². The number of anilines is 2. The van der Waals surface area contributed by atoms with Crippen molar-refractivity contribution >= 4 is 17.5 Å². The summed E-state index contributed by atoms with van der Waals surface area (Å²) in [5.74, 6) is 2.05. The average molecular weight is 293 g/mol. The first-order chi connectivity index (χ1) is 10.2. The van der Waals surface area contributed by atoms with E-state index < -0.39 is 0 Å². The largest absolute Gasteiger partial charge is 0.490 e. The SMILES string of the molecule is CCCNc1ncnc(N2CCCN(C)C(=O)C2)c1OC. The van der Waals surface area contributed by atoms with Gasteiger partial charge in [-0.1, -0.05) is 6.92 Å². The van der Waals surface area contributed by atoms with Gasteiger partial charge in [-0.3, -0.25) is 4.79 Å². The van der Waals surface area contributed by atoms with Crippen LogP contribution in [0.4, 0.5) is 11.6 Å². The Bertz CT molecular complexity index is 494. The van der Waals surface area contributed by atoms with Gasteiger partial charge in [0.1, 0.15) is 6.33 Å². The standard InChI is InChI=1S/C14H23N5O2/c1-4-6-15-13-12(21-3)14(17-10-16-13)19-8-5-7-18(2)11(20)9-19/h10H,4-9H2,1-3H3,(H,15,16,17). The molecular weight excluding hydrogens is 270 g/mol. The maximum absolute atomic E-state index is 12.0. The van der Waals surface area contributed by atoms with Crippen LogP contribution in [0, 0.1) is 0 Å². The fourth-order valence-electron chi connectivity index (χ4n) is 2.31. The molecule has 1 aromatic rings. The molecule has 1 N–H and O–H groups in total. The van der Waals surface area contributed by atoms with Crippen molar-refractivity contribution in [3.8, 4) is 5.75 Å². The molecule has 1 saturated heterocycles. The van der Waals surface area contributed by atoms with Gasteiger partial charge in [0.25, 0.3) is 0 Å². The highest BCUT2D eigenvalue weighted by Gasteiger charge is 2.24. The average Bonchev–Trinajstić information content (AvgIpc) is 2.66. The number of nitrogens with one attached hydrogen (secondary N) is 1. The lowest BCUT2D eigenvalue weighted by molar-refractivity contribution is -0.127. The predicted octanol–water partition coefficient (Wildman–Crippen LogP) is 0.976. The van der Waals surface area contributed by atoms with E-state index in [0.717, 1.165) is 32.5 Å². The van der Waals surface area contributed by atoms with Crippen molar-refractivity contribution in [1.29, 1.82) is 0 Å². The van der Waals surface area contributed by atoms with Crippen LogP contribution in [-0.2, 0) is 4.79 Å². The molecule has 0 aromatic carbocycles. The number of carbonyl (C=O) groups is 1. The Morgan fingerprint density at radius 3 is 2.90 bits per heavy atom. The maximum atomic E-state index is 12.0. The highest BCUT2D eigenvalue weighted by atomic mass is 16.5. The zero-order chi connectivity index (χ0) is 15.2. The van der Waals surface area contributed by atoms with E-state index in [1.807, 2.05) is 11.9 Å². The number of carbonyl (C=O) groups excluding carboxylic acids is 1. The van der Waals surface area contributed by atoms with Crippen molar-refractivity contribution < 1.29 is 9.53 Å². The Kier molecular flexibility index (Phi) is 5.19. The molecule has 0 spiro atoms. The van der Waals surface area contributed by atoms with E-state index in [9.17, 15) is 4.79 Å². The van der Waals surface area contributed by atoms with E-state index in [0.29, 0.717) is 23.9 Å². The van der Waals surface area contributed by atoms with Gasteiger partial charge in [-0.25, -0.2) is 9.97 Å². The molecule has 0 bridgehead atoms. The zero-order valence-corrected chi connectivity index (χ0v) is 12.9. The summed E-state index contributed by atoms with van der Waals surface area (Å²) in [5.41, 5.74) is 0. The Hall–Kier alpha value is -2.05. The first-order valence-electron chi connectivity index (χ1n) is 7.29. The van der Waals surface area contributed by atoms with Gasteiger partial charge in [-0.15, -0.1) is 0 Å². The van der Waals surface area contributed by atoms with Crippen LogP contribution in [0.5, 0.6) is 5.75 Å². The van der Waals surface area contributed by atoms with E-state index in [1.165, 1.54) is 6.33 Å². The molecule has 21 heavy (non-hydrogen) atoms. The summed E-state index contributed by atoms with van der Waals surface area (Å²) >= 11 is 0. The van der Waals surface area contributed by atoms with Crippen LogP contribution < -0.4 is 15.0 Å². The quantitative estimate of drug-likeness (QED) is 0.872. The summed E-state index contributed by atoms with van der Waals surface area (Å²) in [4.78, 5) is 24.3. The van der Waals surface area contributed by atoms with Crippen molar-refractivity contribution in [1.82, 2.24) is 14.9 Å². The molecular formula is C14H23N5O2. The summed E-state index contributed by atoms with van der Waals surface area (Å²) in [6.07, 6.45) is 3.41. The number of amides is 1. The van der Waals surface area contributed by atoms with Gasteiger partial charge in [0.05, 0.1) is 13.7 Å². The van der Waals surface area contributed by atoms with E-state index in [1.54, 1.807) is 12.0 Å². The molecule has 1 amide bonds. The Labute approximate surface area is 125 Å². The van der Waals surface area contributed by atoms with Gasteiger partial charge in [0.2, 0.25) is 11.7 Å². The number of aromatic nitrogens is 2. The minimum atomic E-state index is 0.0937. The normalized spacial score (nSPS) is 15.9. The molecule has 7 nitrogen and oxygen atoms in total. The second kappa shape index (κ2) is 7.10.